The Bertz CT molecular complexity index is 1180. The predicted molar refractivity (Wildman–Crippen MR) is 140 cm³/mol. The molecule has 0 bridgehead atoms. The topological polar surface area (TPSA) is 50.8 Å². The standard InChI is InChI=1S/C29H30ClFN2O3/c30-26-15-14-25(18-27(26)31)36-24-10-6-20(7-11-24)29(34)32-22-8-12-23(13-9-22)35-19-21-4-3-17-33-16-2-1-5-28(21)33/h6-15,18,21,28H,1-5,16-17,19H2,(H,32,34)/t21-,28+/m0/s1. The van der Waals surface area contributed by atoms with Gasteiger partial charge >= 0.3 is 0 Å². The van der Waals surface area contributed by atoms with Crippen LogP contribution in [0, 0.1) is 11.7 Å². The quantitative estimate of drug-likeness (QED) is 0.367. The van der Waals surface area contributed by atoms with Crippen LogP contribution in [-0.4, -0.2) is 36.5 Å². The first-order valence-corrected chi connectivity index (χ1v) is 12.9. The summed E-state index contributed by atoms with van der Waals surface area (Å²) in [5.74, 6) is 1.45. The van der Waals surface area contributed by atoms with Gasteiger partial charge in [-0.1, -0.05) is 18.0 Å². The second kappa shape index (κ2) is 11.3. The van der Waals surface area contributed by atoms with Gasteiger partial charge in [-0.2, -0.15) is 0 Å². The molecule has 0 radical (unpaired) electrons. The van der Waals surface area contributed by atoms with E-state index >= 15 is 0 Å². The van der Waals surface area contributed by atoms with Crippen LogP contribution < -0.4 is 14.8 Å². The van der Waals surface area contributed by atoms with Gasteiger partial charge in [0.15, 0.2) is 0 Å². The number of halogens is 2. The van der Waals surface area contributed by atoms with Crippen LogP contribution >= 0.6 is 11.6 Å². The van der Waals surface area contributed by atoms with Crippen molar-refractivity contribution in [3.05, 3.63) is 83.1 Å². The van der Waals surface area contributed by atoms with Crippen molar-refractivity contribution < 1.29 is 18.7 Å². The van der Waals surface area contributed by atoms with E-state index in [9.17, 15) is 9.18 Å². The average Bonchev–Trinajstić information content (AvgIpc) is 2.91. The zero-order valence-electron chi connectivity index (χ0n) is 20.1. The highest BCUT2D eigenvalue weighted by atomic mass is 35.5. The highest BCUT2D eigenvalue weighted by Crippen LogP contribution is 2.31. The minimum absolute atomic E-state index is 0.0361. The van der Waals surface area contributed by atoms with Crippen LogP contribution in [0.4, 0.5) is 10.1 Å². The Hall–Kier alpha value is -3.09. The molecule has 2 aliphatic rings. The van der Waals surface area contributed by atoms with Crippen molar-refractivity contribution in [2.75, 3.05) is 25.0 Å². The fraction of sp³-hybridized carbons (Fsp3) is 0.345. The van der Waals surface area contributed by atoms with E-state index in [1.807, 2.05) is 24.3 Å². The maximum atomic E-state index is 13.6. The number of amides is 1. The molecule has 3 aromatic carbocycles. The van der Waals surface area contributed by atoms with E-state index in [-0.39, 0.29) is 10.9 Å². The Morgan fingerprint density at radius 1 is 0.917 bits per heavy atom. The SMILES string of the molecule is O=C(Nc1ccc(OC[C@@H]2CCCN3CCCC[C@H]23)cc1)c1ccc(Oc2ccc(Cl)c(F)c2)cc1. The molecule has 0 aliphatic carbocycles. The Morgan fingerprint density at radius 3 is 2.42 bits per heavy atom. The average molecular weight is 509 g/mol. The lowest BCUT2D eigenvalue weighted by Crippen LogP contribution is -2.49. The molecule has 0 unspecified atom stereocenters. The van der Waals surface area contributed by atoms with Crippen molar-refractivity contribution in [2.45, 2.75) is 38.1 Å². The molecule has 1 N–H and O–H groups in total. The molecule has 0 spiro atoms. The van der Waals surface area contributed by atoms with Crippen LogP contribution in [0.5, 0.6) is 17.2 Å². The second-order valence-electron chi connectivity index (χ2n) is 9.49. The first-order valence-electron chi connectivity index (χ1n) is 12.6. The summed E-state index contributed by atoms with van der Waals surface area (Å²) < 4.78 is 25.4. The molecule has 0 aromatic heterocycles. The molecule has 2 aliphatic heterocycles. The highest BCUT2D eigenvalue weighted by Gasteiger charge is 2.33. The Morgan fingerprint density at radius 2 is 1.64 bits per heavy atom. The molecule has 7 heteroatoms. The van der Waals surface area contributed by atoms with Crippen molar-refractivity contribution in [3.63, 3.8) is 0 Å². The van der Waals surface area contributed by atoms with Gasteiger partial charge in [0.05, 0.1) is 11.6 Å². The minimum atomic E-state index is -0.550. The largest absolute Gasteiger partial charge is 0.493 e. The number of hydrogen-bond acceptors (Lipinski definition) is 4. The Balaban J connectivity index is 1.12. The minimum Gasteiger partial charge on any atom is -0.493 e. The maximum Gasteiger partial charge on any atom is 0.255 e. The number of benzene rings is 3. The summed E-state index contributed by atoms with van der Waals surface area (Å²) in [5.41, 5.74) is 1.18. The zero-order valence-corrected chi connectivity index (χ0v) is 20.8. The third-order valence-electron chi connectivity index (χ3n) is 7.05. The van der Waals surface area contributed by atoms with Gasteiger partial charge < -0.3 is 14.8 Å². The number of carbonyl (C=O) groups excluding carboxylic acids is 1. The lowest BCUT2D eigenvalue weighted by atomic mass is 9.84. The van der Waals surface area contributed by atoms with Crippen molar-refractivity contribution in [3.8, 4) is 17.2 Å². The molecule has 188 valence electrons. The monoisotopic (exact) mass is 508 g/mol. The van der Waals surface area contributed by atoms with Gasteiger partial charge in [-0.15, -0.1) is 0 Å². The van der Waals surface area contributed by atoms with Crippen LogP contribution in [0.1, 0.15) is 42.5 Å². The number of nitrogens with zero attached hydrogens (tertiary/aromatic N) is 1. The van der Waals surface area contributed by atoms with E-state index < -0.39 is 5.82 Å². The molecule has 2 saturated heterocycles. The summed E-state index contributed by atoms with van der Waals surface area (Å²) in [4.78, 5) is 15.3. The molecule has 2 fully saturated rings. The first-order chi connectivity index (χ1) is 17.5. The Kier molecular flexibility index (Phi) is 7.73. The van der Waals surface area contributed by atoms with Crippen LogP contribution in [0.25, 0.3) is 0 Å². The highest BCUT2D eigenvalue weighted by molar-refractivity contribution is 6.30. The maximum absolute atomic E-state index is 13.6. The summed E-state index contributed by atoms with van der Waals surface area (Å²) in [6.45, 7) is 3.20. The number of fused-ring (bicyclic) bond motifs is 1. The predicted octanol–water partition coefficient (Wildman–Crippen LogP) is 7.17. The van der Waals surface area contributed by atoms with E-state index in [0.717, 1.165) is 12.4 Å². The number of nitrogens with one attached hydrogen (secondary N) is 1. The molecule has 36 heavy (non-hydrogen) atoms. The first kappa shape index (κ1) is 24.6. The lowest BCUT2D eigenvalue weighted by Gasteiger charge is -2.44. The van der Waals surface area contributed by atoms with Crippen LogP contribution in [0.3, 0.4) is 0 Å². The lowest BCUT2D eigenvalue weighted by molar-refractivity contribution is 0.0366. The van der Waals surface area contributed by atoms with Gasteiger partial charge in [-0.3, -0.25) is 9.69 Å². The van der Waals surface area contributed by atoms with Gasteiger partial charge in [0.1, 0.15) is 23.1 Å². The van der Waals surface area contributed by atoms with Crippen LogP contribution in [0.2, 0.25) is 5.02 Å². The third kappa shape index (κ3) is 6.00. The van der Waals surface area contributed by atoms with Crippen molar-refractivity contribution in [1.29, 1.82) is 0 Å². The fourth-order valence-corrected chi connectivity index (χ4v) is 5.28. The molecule has 2 atom stereocenters. The number of hydrogen-bond donors (Lipinski definition) is 1. The number of rotatable bonds is 7. The van der Waals surface area contributed by atoms with Crippen LogP contribution in [0.15, 0.2) is 66.7 Å². The summed E-state index contributed by atoms with van der Waals surface area (Å²) in [5, 5.41) is 2.94. The fourth-order valence-electron chi connectivity index (χ4n) is 5.16. The molecule has 3 aromatic rings. The van der Waals surface area contributed by atoms with Crippen LogP contribution in [-0.2, 0) is 0 Å². The summed E-state index contributed by atoms with van der Waals surface area (Å²) in [6.07, 6.45) is 6.41. The van der Waals surface area contributed by atoms with E-state index in [1.54, 1.807) is 30.3 Å². The normalized spacial score (nSPS) is 19.8. The molecule has 5 nitrogen and oxygen atoms in total. The number of ether oxygens (including phenoxy) is 2. The van der Waals surface area contributed by atoms with Crippen molar-refractivity contribution >= 4 is 23.2 Å². The number of anilines is 1. The number of carbonyl (C=O) groups is 1. The summed E-state index contributed by atoms with van der Waals surface area (Å²) in [6, 6.07) is 19.1. The van der Waals surface area contributed by atoms with E-state index in [0.29, 0.717) is 34.7 Å². The van der Waals surface area contributed by atoms with E-state index in [4.69, 9.17) is 21.1 Å². The zero-order chi connectivity index (χ0) is 24.9. The van der Waals surface area contributed by atoms with E-state index in [2.05, 4.69) is 10.2 Å². The second-order valence-corrected chi connectivity index (χ2v) is 9.90. The molecule has 0 saturated carbocycles. The Labute approximate surface area is 216 Å². The van der Waals surface area contributed by atoms with Gasteiger partial charge in [0.2, 0.25) is 0 Å². The molecule has 2 heterocycles. The molecular formula is C29H30ClFN2O3. The summed E-state index contributed by atoms with van der Waals surface area (Å²) >= 11 is 5.70. The molecule has 5 rings (SSSR count). The smallest absolute Gasteiger partial charge is 0.255 e. The van der Waals surface area contributed by atoms with Crippen molar-refractivity contribution in [1.82, 2.24) is 4.90 Å². The van der Waals surface area contributed by atoms with Gasteiger partial charge in [0, 0.05) is 29.3 Å². The summed E-state index contributed by atoms with van der Waals surface area (Å²) in [7, 11) is 0. The van der Waals surface area contributed by atoms with E-state index in [1.165, 1.54) is 57.3 Å². The van der Waals surface area contributed by atoms with Gasteiger partial charge in [-0.25, -0.2) is 4.39 Å². The van der Waals surface area contributed by atoms with Crippen molar-refractivity contribution in [2.24, 2.45) is 5.92 Å². The third-order valence-corrected chi connectivity index (χ3v) is 7.35. The number of piperidine rings is 2. The molecule has 1 amide bonds. The molecular weight excluding hydrogens is 479 g/mol. The van der Waals surface area contributed by atoms with Gasteiger partial charge in [-0.05, 0) is 99.4 Å². The van der Waals surface area contributed by atoms with Gasteiger partial charge in [0.25, 0.3) is 5.91 Å².